The van der Waals surface area contributed by atoms with Crippen LogP contribution in [0.1, 0.15) is 0 Å². The lowest BCUT2D eigenvalue weighted by Gasteiger charge is -2.39. The molecular formula is C10H44Si10. The molecule has 0 rings (SSSR count). The Bertz CT molecular complexity index is 219. The molecule has 10 heteroatoms. The van der Waals surface area contributed by atoms with E-state index in [2.05, 4.69) is 65.5 Å². The molecule has 0 fully saturated rings. The molecule has 0 aromatic carbocycles. The molecule has 0 heterocycles. The predicted molar refractivity (Wildman–Crippen MR) is 136 cm³/mol. The minimum atomic E-state index is -0.530. The summed E-state index contributed by atoms with van der Waals surface area (Å²) in [5.41, 5.74) is 0. The summed E-state index contributed by atoms with van der Waals surface area (Å²) in [6.07, 6.45) is -0.136. The second-order valence-electron chi connectivity index (χ2n) is 7.42. The van der Waals surface area contributed by atoms with E-state index in [0.29, 0.717) is 63.3 Å². The summed E-state index contributed by atoms with van der Waals surface area (Å²) in [6, 6.07) is 0. The van der Waals surface area contributed by atoms with E-state index in [1.807, 2.05) is 0 Å². The molecule has 0 saturated carbocycles. The zero-order valence-corrected chi connectivity index (χ0v) is 29.3. The van der Waals surface area contributed by atoms with Crippen molar-refractivity contribution in [3.63, 3.8) is 0 Å². The standard InChI is InChI=1S/C6H24Si5.C4H20Si5/c1-7-10(4,5)11(6,8-2)9-3;1-5-9(6-2,7-3)8-4/h7-9H2,1-6H3;5-8H2,1-4H3. The van der Waals surface area contributed by atoms with E-state index in [4.69, 9.17) is 0 Å². The van der Waals surface area contributed by atoms with Crippen LogP contribution in [0.3, 0.4) is 0 Å². The van der Waals surface area contributed by atoms with Crippen molar-refractivity contribution >= 4 is 83.1 Å². The van der Waals surface area contributed by atoms with E-state index in [9.17, 15) is 0 Å². The molecule has 0 aromatic rings. The average molecular weight is 445 g/mol. The average Bonchev–Trinajstić information content (AvgIpc) is 2.49. The minimum absolute atomic E-state index is 0.136. The van der Waals surface area contributed by atoms with Crippen LogP contribution in [0.5, 0.6) is 0 Å². The highest BCUT2D eigenvalue weighted by atomic mass is 30.1. The first-order valence-electron chi connectivity index (χ1n) is 9.17. The van der Waals surface area contributed by atoms with Crippen LogP contribution in [0, 0.1) is 0 Å². The van der Waals surface area contributed by atoms with Crippen molar-refractivity contribution in [1.82, 2.24) is 0 Å². The highest BCUT2D eigenvalue weighted by molar-refractivity contribution is 7.86. The Morgan fingerprint density at radius 1 is 0.450 bits per heavy atom. The third-order valence-electron chi connectivity index (χ3n) is 7.08. The van der Waals surface area contributed by atoms with Gasteiger partial charge in [0.1, 0.15) is 0 Å². The molecule has 0 bridgehead atoms. The monoisotopic (exact) mass is 444 g/mol. The lowest BCUT2D eigenvalue weighted by Crippen LogP contribution is -2.67. The zero-order chi connectivity index (χ0) is 16.4. The maximum absolute atomic E-state index is 2.77. The lowest BCUT2D eigenvalue weighted by molar-refractivity contribution is 1.97. The fourth-order valence-corrected chi connectivity index (χ4v) is 112. The van der Waals surface area contributed by atoms with E-state index in [1.165, 1.54) is 0 Å². The van der Waals surface area contributed by atoms with Crippen LogP contribution in [0.15, 0.2) is 0 Å². The van der Waals surface area contributed by atoms with E-state index >= 15 is 0 Å². The molecule has 0 N–H and O–H groups in total. The summed E-state index contributed by atoms with van der Waals surface area (Å²) < 4.78 is 0. The largest absolute Gasteiger partial charge is 0.0772 e. The van der Waals surface area contributed by atoms with Gasteiger partial charge in [0.2, 0.25) is 0 Å². The molecule has 0 unspecified atom stereocenters. The zero-order valence-electron chi connectivity index (χ0n) is 16.4. The molecule has 0 aliphatic heterocycles. The maximum atomic E-state index is 2.77. The van der Waals surface area contributed by atoms with Crippen molar-refractivity contribution in [2.24, 2.45) is 0 Å². The number of rotatable bonds is 8. The van der Waals surface area contributed by atoms with Gasteiger partial charge in [-0.05, 0) is 0 Å². The third kappa shape index (κ3) is 7.16. The second-order valence-corrected chi connectivity index (χ2v) is 105. The first-order valence-corrected chi connectivity index (χ1v) is 43.9. The summed E-state index contributed by atoms with van der Waals surface area (Å²) in [5.74, 6) is 0. The Hall–Kier alpha value is 2.17. The molecule has 0 nitrogen and oxygen atoms in total. The van der Waals surface area contributed by atoms with Crippen molar-refractivity contribution in [2.75, 3.05) is 0 Å². The van der Waals surface area contributed by atoms with Crippen molar-refractivity contribution in [2.45, 2.75) is 65.5 Å². The Balaban J connectivity index is 0. The van der Waals surface area contributed by atoms with Crippen molar-refractivity contribution in [3.05, 3.63) is 0 Å². The molecule has 0 aromatic heterocycles. The molecule has 124 valence electrons. The maximum Gasteiger partial charge on any atom is 0.0230 e. The fourth-order valence-electron chi connectivity index (χ4n) is 3.13. The van der Waals surface area contributed by atoms with Gasteiger partial charge in [-0.15, -0.1) is 0 Å². The summed E-state index contributed by atoms with van der Waals surface area (Å²) in [7, 11) is 2.86. The summed E-state index contributed by atoms with van der Waals surface area (Å²) in [4.78, 5) is 0. The van der Waals surface area contributed by atoms with Crippen LogP contribution in [0.4, 0.5) is 0 Å². The highest BCUT2D eigenvalue weighted by Crippen LogP contribution is 2.15. The normalized spacial score (nSPS) is 21.9. The van der Waals surface area contributed by atoms with Crippen molar-refractivity contribution < 1.29 is 0 Å². The Labute approximate surface area is 148 Å². The van der Waals surface area contributed by atoms with Gasteiger partial charge in [-0.3, -0.25) is 0 Å². The number of hydrogen-bond acceptors (Lipinski definition) is 0. The molecule has 0 aliphatic carbocycles. The van der Waals surface area contributed by atoms with Gasteiger partial charge < -0.3 is 0 Å². The van der Waals surface area contributed by atoms with Crippen LogP contribution in [0.25, 0.3) is 0 Å². The van der Waals surface area contributed by atoms with Gasteiger partial charge in [0.05, 0.1) is 0 Å². The van der Waals surface area contributed by atoms with E-state index in [0.717, 1.165) is 0 Å². The molecule has 0 saturated heterocycles. The third-order valence-corrected chi connectivity index (χ3v) is 170. The number of hydrogen-bond donors (Lipinski definition) is 0. The van der Waals surface area contributed by atoms with E-state index < -0.39 is 13.7 Å². The van der Waals surface area contributed by atoms with Crippen LogP contribution in [-0.2, 0) is 0 Å². The van der Waals surface area contributed by atoms with E-state index in [-0.39, 0.29) is 6.14 Å². The Kier molecular flexibility index (Phi) is 14.2. The molecule has 0 radical (unpaired) electrons. The highest BCUT2D eigenvalue weighted by Gasteiger charge is 2.39. The van der Waals surface area contributed by atoms with Gasteiger partial charge in [0, 0.05) is 83.1 Å². The Morgan fingerprint density at radius 3 is 0.800 bits per heavy atom. The van der Waals surface area contributed by atoms with Crippen LogP contribution >= 0.6 is 0 Å². The summed E-state index contributed by atoms with van der Waals surface area (Å²) in [5, 5.41) is 0. The molecule has 0 spiro atoms. The van der Waals surface area contributed by atoms with Crippen molar-refractivity contribution in [1.29, 1.82) is 0 Å². The Morgan fingerprint density at radius 2 is 0.750 bits per heavy atom. The van der Waals surface area contributed by atoms with Gasteiger partial charge >= 0.3 is 0 Å². The van der Waals surface area contributed by atoms with Gasteiger partial charge in [0.15, 0.2) is 0 Å². The van der Waals surface area contributed by atoms with Gasteiger partial charge in [-0.2, -0.15) is 0 Å². The SMILES string of the molecule is C[SiH2][Si](C)(C)[Si](C)([SiH2]C)[SiH2]C.C[SiH2][Si]([SiH2]C)([SiH2]C)[SiH2]C. The van der Waals surface area contributed by atoms with Crippen molar-refractivity contribution in [3.8, 4) is 0 Å². The predicted octanol–water partition coefficient (Wildman–Crippen LogP) is -1.72. The second kappa shape index (κ2) is 11.7. The smallest absolute Gasteiger partial charge is 0.0230 e. The quantitative estimate of drug-likeness (QED) is 0.391. The summed E-state index contributed by atoms with van der Waals surface area (Å²) >= 11 is 0. The molecule has 20 heavy (non-hydrogen) atoms. The van der Waals surface area contributed by atoms with Crippen LogP contribution in [-0.4, -0.2) is 83.1 Å². The minimum Gasteiger partial charge on any atom is -0.0772 e. The molecule has 0 atom stereocenters. The van der Waals surface area contributed by atoms with Crippen LogP contribution in [0.2, 0.25) is 65.5 Å². The van der Waals surface area contributed by atoms with Gasteiger partial charge in [-0.25, -0.2) is 0 Å². The topological polar surface area (TPSA) is 0 Å². The molecule has 0 aliphatic rings. The van der Waals surface area contributed by atoms with E-state index in [1.54, 1.807) is 0 Å². The molecular weight excluding hydrogens is 401 g/mol. The fraction of sp³-hybridized carbons (Fsp3) is 1.00. The van der Waals surface area contributed by atoms with Gasteiger partial charge in [-0.1, -0.05) is 65.5 Å². The first kappa shape index (κ1) is 24.4. The van der Waals surface area contributed by atoms with Crippen LogP contribution < -0.4 is 0 Å². The van der Waals surface area contributed by atoms with Gasteiger partial charge in [0.25, 0.3) is 0 Å². The first-order chi connectivity index (χ1) is 9.17. The lowest BCUT2D eigenvalue weighted by atomic mass is 11.9. The summed E-state index contributed by atoms with van der Waals surface area (Å²) in [6.45, 7) is 26.0. The molecule has 0 amide bonds.